The molecule has 2 heterocycles. The maximum atomic E-state index is 13.4. The number of hydrogen-bond acceptors (Lipinski definition) is 5. The van der Waals surface area contributed by atoms with Crippen LogP contribution in [-0.2, 0) is 4.79 Å². The highest BCUT2D eigenvalue weighted by Crippen LogP contribution is 2.35. The van der Waals surface area contributed by atoms with Crippen molar-refractivity contribution >= 4 is 34.2 Å². The van der Waals surface area contributed by atoms with Crippen molar-refractivity contribution in [3.05, 3.63) is 29.5 Å². The van der Waals surface area contributed by atoms with E-state index in [0.29, 0.717) is 34.9 Å². The van der Waals surface area contributed by atoms with Gasteiger partial charge in [-0.25, -0.2) is 9.97 Å². The first-order valence-corrected chi connectivity index (χ1v) is 12.1. The largest absolute Gasteiger partial charge is 0.358 e. The van der Waals surface area contributed by atoms with E-state index >= 15 is 0 Å². The van der Waals surface area contributed by atoms with Gasteiger partial charge in [0.1, 0.15) is 18.2 Å². The predicted octanol–water partition coefficient (Wildman–Crippen LogP) is 4.63. The van der Waals surface area contributed by atoms with Crippen LogP contribution in [0.4, 0.5) is 5.82 Å². The fraction of sp³-hybridized carbons (Fsp3) is 0.625. The number of carbonyl (C=O) groups excluding carboxylic acids is 1. The Morgan fingerprint density at radius 1 is 1.23 bits per heavy atom. The van der Waals surface area contributed by atoms with E-state index in [-0.39, 0.29) is 11.9 Å². The summed E-state index contributed by atoms with van der Waals surface area (Å²) in [5.41, 5.74) is 0.822. The van der Waals surface area contributed by atoms with Crippen LogP contribution in [0.3, 0.4) is 0 Å². The highest BCUT2D eigenvalue weighted by Gasteiger charge is 2.41. The Bertz CT molecular complexity index is 920. The molecule has 1 amide bonds. The maximum Gasteiger partial charge on any atom is 0.245 e. The average Bonchev–Trinajstić information content (AvgIpc) is 3.09. The number of halogens is 1. The van der Waals surface area contributed by atoms with Gasteiger partial charge in [-0.05, 0) is 56.2 Å². The van der Waals surface area contributed by atoms with Gasteiger partial charge in [0.2, 0.25) is 5.91 Å². The Labute approximate surface area is 190 Å². The van der Waals surface area contributed by atoms with Gasteiger partial charge in [-0.2, -0.15) is 0 Å². The molecule has 0 radical (unpaired) electrons. The van der Waals surface area contributed by atoms with Crippen LogP contribution in [0.2, 0.25) is 5.02 Å². The summed E-state index contributed by atoms with van der Waals surface area (Å²) >= 11 is 6.19. The number of likely N-dealkylation sites (tertiary alicyclic amines) is 1. The number of carbonyl (C=O) groups is 1. The Morgan fingerprint density at radius 3 is 2.84 bits per heavy atom. The molecule has 31 heavy (non-hydrogen) atoms. The van der Waals surface area contributed by atoms with Crippen LogP contribution >= 0.6 is 11.6 Å². The Kier molecular flexibility index (Phi) is 6.97. The monoisotopic (exact) mass is 443 g/mol. The molecule has 1 aromatic carbocycles. The standard InChI is InChI=1S/C24H34ClN5O/c1-4-5-16-12-18(28-15(2)3)7-9-22(16)30-11-10-21(24(30)31)29-23-19-13-17(25)6-8-20(19)26-14-27-23/h6,8,13-16,18,21-22,28H,4-5,7,9-12H2,1-3H3,(H,26,27,29)/t16-,18-,21?,22+/m1/s1. The number of nitrogens with zero attached hydrogens (tertiary/aromatic N) is 3. The fourth-order valence-corrected chi connectivity index (χ4v) is 5.61. The third-order valence-corrected chi connectivity index (χ3v) is 6.95. The topological polar surface area (TPSA) is 70.2 Å². The zero-order valence-electron chi connectivity index (χ0n) is 18.8. The van der Waals surface area contributed by atoms with Crippen molar-refractivity contribution in [3.63, 3.8) is 0 Å². The van der Waals surface area contributed by atoms with Crippen LogP contribution in [0.15, 0.2) is 24.5 Å². The van der Waals surface area contributed by atoms with Gasteiger partial charge in [-0.15, -0.1) is 0 Å². The summed E-state index contributed by atoms with van der Waals surface area (Å²) in [7, 11) is 0. The molecular formula is C24H34ClN5O. The van der Waals surface area contributed by atoms with E-state index in [1.807, 2.05) is 18.2 Å². The number of amides is 1. The van der Waals surface area contributed by atoms with E-state index in [1.54, 1.807) is 0 Å². The number of fused-ring (bicyclic) bond motifs is 1. The molecule has 4 atom stereocenters. The quantitative estimate of drug-likeness (QED) is 0.652. The number of rotatable bonds is 7. The molecule has 2 fully saturated rings. The highest BCUT2D eigenvalue weighted by atomic mass is 35.5. The second-order valence-corrected chi connectivity index (χ2v) is 9.78. The zero-order valence-corrected chi connectivity index (χ0v) is 19.5. The van der Waals surface area contributed by atoms with Crippen molar-refractivity contribution in [1.29, 1.82) is 0 Å². The molecule has 0 bridgehead atoms. The van der Waals surface area contributed by atoms with Crippen molar-refractivity contribution in [2.75, 3.05) is 11.9 Å². The zero-order chi connectivity index (χ0) is 22.0. The summed E-state index contributed by atoms with van der Waals surface area (Å²) in [5, 5.41) is 8.60. The molecule has 6 nitrogen and oxygen atoms in total. The minimum atomic E-state index is -0.245. The molecule has 168 valence electrons. The molecule has 2 aromatic rings. The van der Waals surface area contributed by atoms with E-state index in [1.165, 1.54) is 12.7 Å². The molecule has 1 aliphatic heterocycles. The molecule has 1 saturated heterocycles. The van der Waals surface area contributed by atoms with Crippen molar-refractivity contribution in [2.24, 2.45) is 5.92 Å². The molecule has 1 aliphatic carbocycles. The number of anilines is 1. The molecule has 1 unspecified atom stereocenters. The first-order valence-electron chi connectivity index (χ1n) is 11.7. The van der Waals surface area contributed by atoms with Gasteiger partial charge in [0.25, 0.3) is 0 Å². The second kappa shape index (κ2) is 9.70. The average molecular weight is 444 g/mol. The van der Waals surface area contributed by atoms with E-state index in [2.05, 4.69) is 46.3 Å². The smallest absolute Gasteiger partial charge is 0.245 e. The van der Waals surface area contributed by atoms with Crippen molar-refractivity contribution in [1.82, 2.24) is 20.2 Å². The van der Waals surface area contributed by atoms with Crippen LogP contribution in [0.25, 0.3) is 10.9 Å². The van der Waals surface area contributed by atoms with Crippen LogP contribution in [0, 0.1) is 5.92 Å². The lowest BCUT2D eigenvalue weighted by molar-refractivity contribution is -0.132. The number of benzene rings is 1. The third-order valence-electron chi connectivity index (χ3n) is 6.72. The molecular weight excluding hydrogens is 410 g/mol. The lowest BCUT2D eigenvalue weighted by atomic mass is 9.78. The van der Waals surface area contributed by atoms with E-state index < -0.39 is 0 Å². The highest BCUT2D eigenvalue weighted by molar-refractivity contribution is 6.31. The summed E-state index contributed by atoms with van der Waals surface area (Å²) < 4.78 is 0. The molecule has 4 rings (SSSR count). The number of nitrogens with one attached hydrogen (secondary N) is 2. The molecule has 2 N–H and O–H groups in total. The van der Waals surface area contributed by atoms with Gasteiger partial charge in [-0.3, -0.25) is 4.79 Å². The minimum Gasteiger partial charge on any atom is -0.358 e. The van der Waals surface area contributed by atoms with E-state index in [0.717, 1.165) is 49.6 Å². The Morgan fingerprint density at radius 2 is 2.06 bits per heavy atom. The van der Waals surface area contributed by atoms with Crippen LogP contribution in [0.1, 0.15) is 59.3 Å². The third kappa shape index (κ3) is 4.96. The molecule has 0 spiro atoms. The summed E-state index contributed by atoms with van der Waals surface area (Å²) in [5.74, 6) is 1.45. The summed E-state index contributed by atoms with van der Waals surface area (Å²) in [6, 6.07) is 6.73. The molecule has 2 aliphatic rings. The lowest BCUT2D eigenvalue weighted by Gasteiger charge is -2.42. The van der Waals surface area contributed by atoms with Gasteiger partial charge < -0.3 is 15.5 Å². The van der Waals surface area contributed by atoms with Crippen molar-refractivity contribution in [2.45, 2.75) is 83.5 Å². The van der Waals surface area contributed by atoms with Gasteiger partial charge in [-0.1, -0.05) is 38.8 Å². The first-order chi connectivity index (χ1) is 15.0. The SMILES string of the molecule is CCC[C@@H]1C[C@H](NC(C)C)CC[C@@H]1N1CCC(Nc2ncnc3ccc(Cl)cc23)C1=O. The second-order valence-electron chi connectivity index (χ2n) is 9.35. The Balaban J connectivity index is 1.47. The van der Waals surface area contributed by atoms with E-state index in [4.69, 9.17) is 11.6 Å². The van der Waals surface area contributed by atoms with Crippen molar-refractivity contribution < 1.29 is 4.79 Å². The first kappa shape index (κ1) is 22.3. The van der Waals surface area contributed by atoms with Crippen molar-refractivity contribution in [3.8, 4) is 0 Å². The minimum absolute atomic E-state index is 0.204. The van der Waals surface area contributed by atoms with Crippen LogP contribution in [0.5, 0.6) is 0 Å². The van der Waals surface area contributed by atoms with Gasteiger partial charge in [0.05, 0.1) is 5.52 Å². The van der Waals surface area contributed by atoms with Gasteiger partial charge in [0, 0.05) is 35.1 Å². The predicted molar refractivity (Wildman–Crippen MR) is 126 cm³/mol. The van der Waals surface area contributed by atoms with Gasteiger partial charge in [0.15, 0.2) is 0 Å². The summed E-state index contributed by atoms with van der Waals surface area (Å²) in [4.78, 5) is 24.3. The van der Waals surface area contributed by atoms with Gasteiger partial charge >= 0.3 is 0 Å². The van der Waals surface area contributed by atoms with Crippen LogP contribution < -0.4 is 10.6 Å². The van der Waals surface area contributed by atoms with Crippen LogP contribution in [-0.4, -0.2) is 51.5 Å². The van der Waals surface area contributed by atoms with E-state index in [9.17, 15) is 4.79 Å². The Hall–Kier alpha value is -1.92. The summed E-state index contributed by atoms with van der Waals surface area (Å²) in [6.07, 6.45) is 8.06. The molecule has 7 heteroatoms. The number of aromatic nitrogens is 2. The normalized spacial score (nSPS) is 26.7. The summed E-state index contributed by atoms with van der Waals surface area (Å²) in [6.45, 7) is 7.49. The molecule has 1 aromatic heterocycles. The molecule has 1 saturated carbocycles. The fourth-order valence-electron chi connectivity index (χ4n) is 5.44. The number of hydrogen-bond donors (Lipinski definition) is 2. The maximum absolute atomic E-state index is 13.4. The lowest BCUT2D eigenvalue weighted by Crippen LogP contribution is -2.50.